The first-order valence-electron chi connectivity index (χ1n) is 5.49. The predicted molar refractivity (Wildman–Crippen MR) is 59.7 cm³/mol. The van der Waals surface area contributed by atoms with Crippen LogP contribution in [0.5, 0.6) is 0 Å². The highest BCUT2D eigenvalue weighted by Gasteiger charge is 2.39. The van der Waals surface area contributed by atoms with Crippen molar-refractivity contribution in [1.82, 2.24) is 10.2 Å². The van der Waals surface area contributed by atoms with Crippen LogP contribution in [0.4, 0.5) is 4.79 Å². The zero-order chi connectivity index (χ0) is 11.7. The van der Waals surface area contributed by atoms with Gasteiger partial charge < -0.3 is 15.3 Å². The van der Waals surface area contributed by atoms with Gasteiger partial charge in [0.05, 0.1) is 12.1 Å². The molecule has 1 fully saturated rings. The van der Waals surface area contributed by atoms with Crippen molar-refractivity contribution in [2.24, 2.45) is 0 Å². The highest BCUT2D eigenvalue weighted by atomic mass is 16.3. The number of aliphatic hydroxyl groups excluding tert-OH is 1. The standard InChI is InChI=1S/C11H22N2O2/c1-10(2,3)12-9(15)13-7-5-6-11(13,4)8-14/h14H,5-8H2,1-4H3,(H,12,15). The van der Waals surface area contributed by atoms with Crippen molar-refractivity contribution in [2.45, 2.75) is 51.6 Å². The molecule has 1 aliphatic heterocycles. The molecular formula is C11H22N2O2. The highest BCUT2D eigenvalue weighted by molar-refractivity contribution is 5.76. The summed E-state index contributed by atoms with van der Waals surface area (Å²) >= 11 is 0. The van der Waals surface area contributed by atoms with Crippen LogP contribution in [0.25, 0.3) is 0 Å². The molecule has 0 aromatic heterocycles. The molecule has 0 aliphatic carbocycles. The van der Waals surface area contributed by atoms with E-state index >= 15 is 0 Å². The van der Waals surface area contributed by atoms with E-state index in [0.717, 1.165) is 19.4 Å². The van der Waals surface area contributed by atoms with Gasteiger partial charge in [0.15, 0.2) is 0 Å². The van der Waals surface area contributed by atoms with E-state index in [1.807, 2.05) is 27.7 Å². The average Bonchev–Trinajstić information content (AvgIpc) is 2.45. The number of aliphatic hydroxyl groups is 1. The second-order valence-electron chi connectivity index (χ2n) is 5.59. The Hall–Kier alpha value is -0.770. The van der Waals surface area contributed by atoms with Crippen molar-refractivity contribution in [2.75, 3.05) is 13.2 Å². The fourth-order valence-electron chi connectivity index (χ4n) is 1.92. The van der Waals surface area contributed by atoms with Gasteiger partial charge in [-0.25, -0.2) is 4.79 Å². The van der Waals surface area contributed by atoms with E-state index in [4.69, 9.17) is 0 Å². The third kappa shape index (κ3) is 2.84. The summed E-state index contributed by atoms with van der Waals surface area (Å²) in [6.07, 6.45) is 1.84. The fourth-order valence-corrected chi connectivity index (χ4v) is 1.92. The Balaban J connectivity index is 2.67. The van der Waals surface area contributed by atoms with Gasteiger partial charge in [-0.3, -0.25) is 0 Å². The lowest BCUT2D eigenvalue weighted by Gasteiger charge is -2.35. The number of carbonyl (C=O) groups excluding carboxylic acids is 1. The lowest BCUT2D eigenvalue weighted by atomic mass is 10.0. The van der Waals surface area contributed by atoms with E-state index < -0.39 is 0 Å². The van der Waals surface area contributed by atoms with Gasteiger partial charge >= 0.3 is 6.03 Å². The molecule has 0 spiro atoms. The quantitative estimate of drug-likeness (QED) is 0.692. The minimum atomic E-state index is -0.380. The van der Waals surface area contributed by atoms with E-state index in [0.29, 0.717) is 0 Å². The molecule has 88 valence electrons. The van der Waals surface area contributed by atoms with E-state index in [1.165, 1.54) is 0 Å². The molecule has 0 aromatic carbocycles. The number of amides is 2. The van der Waals surface area contributed by atoms with Crippen molar-refractivity contribution in [3.8, 4) is 0 Å². The van der Waals surface area contributed by atoms with E-state index in [-0.39, 0.29) is 23.7 Å². The molecule has 0 saturated carbocycles. The first kappa shape index (κ1) is 12.3. The van der Waals surface area contributed by atoms with Gasteiger partial charge in [0.2, 0.25) is 0 Å². The first-order chi connectivity index (χ1) is 6.78. The van der Waals surface area contributed by atoms with Crippen LogP contribution in [0.2, 0.25) is 0 Å². The number of hydrogen-bond acceptors (Lipinski definition) is 2. The van der Waals surface area contributed by atoms with Crippen LogP contribution >= 0.6 is 0 Å². The van der Waals surface area contributed by atoms with Gasteiger partial charge in [0.25, 0.3) is 0 Å². The summed E-state index contributed by atoms with van der Waals surface area (Å²) in [7, 11) is 0. The number of nitrogens with one attached hydrogen (secondary N) is 1. The molecule has 1 atom stereocenters. The maximum absolute atomic E-state index is 11.9. The molecule has 1 saturated heterocycles. The van der Waals surface area contributed by atoms with Gasteiger partial charge in [-0.2, -0.15) is 0 Å². The maximum atomic E-state index is 11.9. The van der Waals surface area contributed by atoms with Gasteiger partial charge in [0, 0.05) is 12.1 Å². The lowest BCUT2D eigenvalue weighted by molar-refractivity contribution is 0.0942. The van der Waals surface area contributed by atoms with E-state index in [2.05, 4.69) is 5.32 Å². The van der Waals surface area contributed by atoms with Crippen LogP contribution in [0.15, 0.2) is 0 Å². The largest absolute Gasteiger partial charge is 0.394 e. The third-order valence-corrected chi connectivity index (χ3v) is 2.82. The zero-order valence-electron chi connectivity index (χ0n) is 10.1. The molecule has 15 heavy (non-hydrogen) atoms. The molecular weight excluding hydrogens is 192 g/mol. The topological polar surface area (TPSA) is 52.6 Å². The number of likely N-dealkylation sites (tertiary alicyclic amines) is 1. The Morgan fingerprint density at radius 2 is 2.13 bits per heavy atom. The Bertz CT molecular complexity index is 247. The number of rotatable bonds is 1. The fraction of sp³-hybridized carbons (Fsp3) is 0.909. The molecule has 1 unspecified atom stereocenters. The van der Waals surface area contributed by atoms with Gasteiger partial charge in [-0.15, -0.1) is 0 Å². The number of carbonyl (C=O) groups is 1. The van der Waals surface area contributed by atoms with Gasteiger partial charge in [0.1, 0.15) is 0 Å². The molecule has 1 aliphatic rings. The monoisotopic (exact) mass is 214 g/mol. The SMILES string of the molecule is CC(C)(C)NC(=O)N1CCCC1(C)CO. The maximum Gasteiger partial charge on any atom is 0.318 e. The van der Waals surface area contributed by atoms with Crippen molar-refractivity contribution in [3.63, 3.8) is 0 Å². The van der Waals surface area contributed by atoms with Crippen LogP contribution in [0, 0.1) is 0 Å². The molecule has 0 radical (unpaired) electrons. The predicted octanol–water partition coefficient (Wildman–Crippen LogP) is 1.34. The summed E-state index contributed by atoms with van der Waals surface area (Å²) in [6, 6.07) is -0.0726. The summed E-state index contributed by atoms with van der Waals surface area (Å²) in [4.78, 5) is 13.7. The van der Waals surface area contributed by atoms with Gasteiger partial charge in [-0.1, -0.05) is 0 Å². The molecule has 1 heterocycles. The minimum absolute atomic E-state index is 0.0323. The van der Waals surface area contributed by atoms with Crippen LogP contribution in [-0.2, 0) is 0 Å². The van der Waals surface area contributed by atoms with Crippen molar-refractivity contribution < 1.29 is 9.90 Å². The Morgan fingerprint density at radius 3 is 2.60 bits per heavy atom. The number of hydrogen-bond donors (Lipinski definition) is 2. The van der Waals surface area contributed by atoms with Crippen molar-refractivity contribution in [1.29, 1.82) is 0 Å². The van der Waals surface area contributed by atoms with Crippen LogP contribution in [0.3, 0.4) is 0 Å². The average molecular weight is 214 g/mol. The van der Waals surface area contributed by atoms with E-state index in [9.17, 15) is 9.90 Å². The smallest absolute Gasteiger partial charge is 0.318 e. The number of urea groups is 1. The molecule has 4 heteroatoms. The second-order valence-corrected chi connectivity index (χ2v) is 5.59. The van der Waals surface area contributed by atoms with E-state index in [1.54, 1.807) is 4.90 Å². The Labute approximate surface area is 91.6 Å². The molecule has 0 aromatic rings. The van der Waals surface area contributed by atoms with Gasteiger partial charge in [-0.05, 0) is 40.5 Å². The summed E-state index contributed by atoms with van der Waals surface area (Å²) in [5.74, 6) is 0. The Kier molecular flexibility index (Phi) is 3.28. The van der Waals surface area contributed by atoms with Crippen LogP contribution in [-0.4, -0.2) is 40.3 Å². The number of nitrogens with zero attached hydrogens (tertiary/aromatic N) is 1. The molecule has 4 nitrogen and oxygen atoms in total. The third-order valence-electron chi connectivity index (χ3n) is 2.82. The summed E-state index contributed by atoms with van der Waals surface area (Å²) in [6.45, 7) is 8.57. The molecule has 2 amide bonds. The van der Waals surface area contributed by atoms with Crippen molar-refractivity contribution >= 4 is 6.03 Å². The highest BCUT2D eigenvalue weighted by Crippen LogP contribution is 2.28. The molecule has 0 bridgehead atoms. The van der Waals surface area contributed by atoms with Crippen molar-refractivity contribution in [3.05, 3.63) is 0 Å². The van der Waals surface area contributed by atoms with Crippen LogP contribution < -0.4 is 5.32 Å². The molecule has 2 N–H and O–H groups in total. The minimum Gasteiger partial charge on any atom is -0.394 e. The molecule has 1 rings (SSSR count). The summed E-state index contributed by atoms with van der Waals surface area (Å²) in [5, 5.41) is 12.2. The zero-order valence-corrected chi connectivity index (χ0v) is 10.1. The van der Waals surface area contributed by atoms with Crippen LogP contribution in [0.1, 0.15) is 40.5 Å². The second kappa shape index (κ2) is 4.00. The summed E-state index contributed by atoms with van der Waals surface area (Å²) in [5.41, 5.74) is -0.606. The summed E-state index contributed by atoms with van der Waals surface area (Å²) < 4.78 is 0. The normalized spacial score (nSPS) is 26.9. The lowest BCUT2D eigenvalue weighted by Crippen LogP contribution is -2.55. The first-order valence-corrected chi connectivity index (χ1v) is 5.49. The Morgan fingerprint density at radius 1 is 1.53 bits per heavy atom.